The second-order valence-corrected chi connectivity index (χ2v) is 3.57. The highest BCUT2D eigenvalue weighted by molar-refractivity contribution is 5.75. The van der Waals surface area contributed by atoms with E-state index >= 15 is 0 Å². The maximum Gasteiger partial charge on any atom is 0.319 e. The molecule has 12 heavy (non-hydrogen) atoms. The van der Waals surface area contributed by atoms with Crippen LogP contribution in [0.2, 0.25) is 0 Å². The summed E-state index contributed by atoms with van der Waals surface area (Å²) in [6.45, 7) is 4.54. The molecule has 0 saturated carbocycles. The van der Waals surface area contributed by atoms with Crippen LogP contribution < -0.4 is 0 Å². The summed E-state index contributed by atoms with van der Waals surface area (Å²) in [7, 11) is 1.72. The minimum Gasteiger partial charge on any atom is -0.328 e. The van der Waals surface area contributed by atoms with E-state index in [0.29, 0.717) is 6.54 Å². The third-order valence-corrected chi connectivity index (χ3v) is 2.11. The third-order valence-electron chi connectivity index (χ3n) is 2.11. The van der Waals surface area contributed by atoms with E-state index in [1.54, 1.807) is 11.9 Å². The maximum absolute atomic E-state index is 13.0. The van der Waals surface area contributed by atoms with Crippen molar-refractivity contribution >= 4 is 6.03 Å². The Morgan fingerprint density at radius 1 is 1.67 bits per heavy atom. The molecular weight excluding hydrogens is 159 g/mol. The summed E-state index contributed by atoms with van der Waals surface area (Å²) >= 11 is 0. The SMILES string of the molecule is CCN(C)C(=O)N1CC(C)(F)C1. The minimum atomic E-state index is -1.16. The van der Waals surface area contributed by atoms with Crippen molar-refractivity contribution in [2.45, 2.75) is 19.5 Å². The highest BCUT2D eigenvalue weighted by atomic mass is 19.1. The Morgan fingerprint density at radius 2 is 2.17 bits per heavy atom. The predicted molar refractivity (Wildman–Crippen MR) is 44.8 cm³/mol. The lowest BCUT2D eigenvalue weighted by Crippen LogP contribution is -2.61. The molecule has 1 aliphatic rings. The summed E-state index contributed by atoms with van der Waals surface area (Å²) in [5.74, 6) is 0. The first-order chi connectivity index (χ1) is 5.46. The highest BCUT2D eigenvalue weighted by Crippen LogP contribution is 2.24. The number of hydrogen-bond acceptors (Lipinski definition) is 1. The van der Waals surface area contributed by atoms with Gasteiger partial charge in [0, 0.05) is 13.6 Å². The van der Waals surface area contributed by atoms with Crippen LogP contribution in [0.5, 0.6) is 0 Å². The number of rotatable bonds is 1. The molecule has 1 heterocycles. The lowest BCUT2D eigenvalue weighted by Gasteiger charge is -2.43. The lowest BCUT2D eigenvalue weighted by atomic mass is 10.00. The summed E-state index contributed by atoms with van der Waals surface area (Å²) in [6.07, 6.45) is 0. The summed E-state index contributed by atoms with van der Waals surface area (Å²) in [5, 5.41) is 0. The van der Waals surface area contributed by atoms with Crippen LogP contribution in [0.4, 0.5) is 9.18 Å². The first kappa shape index (κ1) is 9.29. The van der Waals surface area contributed by atoms with Crippen LogP contribution in [-0.4, -0.2) is 48.2 Å². The molecule has 0 aromatic rings. The molecule has 0 atom stereocenters. The third kappa shape index (κ3) is 1.68. The Bertz CT molecular complexity index is 185. The molecule has 0 aromatic heterocycles. The maximum atomic E-state index is 13.0. The Hall–Kier alpha value is -0.800. The van der Waals surface area contributed by atoms with Crippen molar-refractivity contribution in [2.75, 3.05) is 26.7 Å². The summed E-state index contributed by atoms with van der Waals surface area (Å²) in [4.78, 5) is 14.4. The number of hydrogen-bond donors (Lipinski definition) is 0. The second kappa shape index (κ2) is 2.92. The summed E-state index contributed by atoms with van der Waals surface area (Å²) < 4.78 is 13.0. The van der Waals surface area contributed by atoms with E-state index in [2.05, 4.69) is 0 Å². The van der Waals surface area contributed by atoms with E-state index in [4.69, 9.17) is 0 Å². The van der Waals surface area contributed by atoms with Gasteiger partial charge in [-0.25, -0.2) is 9.18 Å². The summed E-state index contributed by atoms with van der Waals surface area (Å²) in [6, 6.07) is -0.0763. The zero-order valence-corrected chi connectivity index (χ0v) is 7.80. The van der Waals surface area contributed by atoms with Crippen LogP contribution in [-0.2, 0) is 0 Å². The average molecular weight is 174 g/mol. The Kier molecular flexibility index (Phi) is 2.26. The number of urea groups is 1. The van der Waals surface area contributed by atoms with E-state index in [-0.39, 0.29) is 19.1 Å². The van der Waals surface area contributed by atoms with Gasteiger partial charge < -0.3 is 9.80 Å². The molecule has 1 aliphatic heterocycles. The van der Waals surface area contributed by atoms with Gasteiger partial charge in [0.05, 0.1) is 13.1 Å². The van der Waals surface area contributed by atoms with Crippen molar-refractivity contribution in [3.63, 3.8) is 0 Å². The van der Waals surface area contributed by atoms with Gasteiger partial charge >= 0.3 is 6.03 Å². The van der Waals surface area contributed by atoms with E-state index in [9.17, 15) is 9.18 Å². The van der Waals surface area contributed by atoms with Crippen LogP contribution in [0.25, 0.3) is 0 Å². The molecule has 70 valence electrons. The second-order valence-electron chi connectivity index (χ2n) is 3.57. The van der Waals surface area contributed by atoms with Crippen LogP contribution in [0.1, 0.15) is 13.8 Å². The van der Waals surface area contributed by atoms with Gasteiger partial charge in [-0.15, -0.1) is 0 Å². The molecule has 1 fully saturated rings. The highest BCUT2D eigenvalue weighted by Gasteiger charge is 2.42. The van der Waals surface area contributed by atoms with Gasteiger partial charge in [0.2, 0.25) is 0 Å². The fraction of sp³-hybridized carbons (Fsp3) is 0.875. The molecule has 1 rings (SSSR count). The quantitative estimate of drug-likeness (QED) is 0.584. The number of carbonyl (C=O) groups is 1. The predicted octanol–water partition coefficient (Wildman–Crippen LogP) is 1.10. The van der Waals surface area contributed by atoms with Crippen molar-refractivity contribution in [3.05, 3.63) is 0 Å². The van der Waals surface area contributed by atoms with Gasteiger partial charge in [-0.2, -0.15) is 0 Å². The zero-order chi connectivity index (χ0) is 9.35. The van der Waals surface area contributed by atoms with Gasteiger partial charge in [-0.3, -0.25) is 0 Å². The zero-order valence-electron chi connectivity index (χ0n) is 7.80. The number of nitrogens with zero attached hydrogens (tertiary/aromatic N) is 2. The molecule has 0 radical (unpaired) electrons. The molecule has 3 nitrogen and oxygen atoms in total. The molecule has 0 bridgehead atoms. The van der Waals surface area contributed by atoms with Gasteiger partial charge in [0.15, 0.2) is 0 Å². The number of alkyl halides is 1. The smallest absolute Gasteiger partial charge is 0.319 e. The first-order valence-corrected chi connectivity index (χ1v) is 4.15. The molecule has 0 aromatic carbocycles. The minimum absolute atomic E-state index is 0.0763. The van der Waals surface area contributed by atoms with Crippen molar-refractivity contribution in [3.8, 4) is 0 Å². The molecule has 0 aliphatic carbocycles. The van der Waals surface area contributed by atoms with E-state index < -0.39 is 5.67 Å². The van der Waals surface area contributed by atoms with Crippen molar-refractivity contribution < 1.29 is 9.18 Å². The van der Waals surface area contributed by atoms with Gasteiger partial charge in [0.1, 0.15) is 5.67 Å². The number of amides is 2. The molecule has 0 unspecified atom stereocenters. The van der Waals surface area contributed by atoms with Crippen molar-refractivity contribution in [2.24, 2.45) is 0 Å². The monoisotopic (exact) mass is 174 g/mol. The normalized spacial score (nSPS) is 20.2. The standard InChI is InChI=1S/C8H15FN2O/c1-4-10(3)7(12)11-5-8(2,9)6-11/h4-6H2,1-3H3. The fourth-order valence-electron chi connectivity index (χ4n) is 1.26. The van der Waals surface area contributed by atoms with Crippen LogP contribution >= 0.6 is 0 Å². The van der Waals surface area contributed by atoms with Gasteiger partial charge in [-0.05, 0) is 13.8 Å². The number of halogens is 1. The number of carbonyl (C=O) groups excluding carboxylic acids is 1. The molecule has 2 amide bonds. The van der Waals surface area contributed by atoms with E-state index in [1.165, 1.54) is 11.8 Å². The lowest BCUT2D eigenvalue weighted by molar-refractivity contribution is 0.00119. The first-order valence-electron chi connectivity index (χ1n) is 4.15. The topological polar surface area (TPSA) is 23.6 Å². The van der Waals surface area contributed by atoms with Gasteiger partial charge in [-0.1, -0.05) is 0 Å². The Morgan fingerprint density at radius 3 is 2.50 bits per heavy atom. The van der Waals surface area contributed by atoms with Gasteiger partial charge in [0.25, 0.3) is 0 Å². The van der Waals surface area contributed by atoms with Crippen molar-refractivity contribution in [1.82, 2.24) is 9.80 Å². The van der Waals surface area contributed by atoms with Crippen LogP contribution in [0.15, 0.2) is 0 Å². The number of likely N-dealkylation sites (tertiary alicyclic amines) is 1. The van der Waals surface area contributed by atoms with Crippen LogP contribution in [0, 0.1) is 0 Å². The van der Waals surface area contributed by atoms with E-state index in [1.807, 2.05) is 6.92 Å². The molecule has 1 saturated heterocycles. The fourth-order valence-corrected chi connectivity index (χ4v) is 1.26. The van der Waals surface area contributed by atoms with Crippen LogP contribution in [0.3, 0.4) is 0 Å². The largest absolute Gasteiger partial charge is 0.328 e. The molecular formula is C8H15FN2O. The molecule has 0 N–H and O–H groups in total. The van der Waals surface area contributed by atoms with Crippen molar-refractivity contribution in [1.29, 1.82) is 0 Å². The average Bonchev–Trinajstić information content (AvgIpc) is 1.97. The Labute approximate surface area is 72.1 Å². The molecule has 0 spiro atoms. The molecule has 4 heteroatoms. The summed E-state index contributed by atoms with van der Waals surface area (Å²) in [5.41, 5.74) is -1.16. The van der Waals surface area contributed by atoms with E-state index in [0.717, 1.165) is 0 Å². The Balaban J connectivity index is 2.38.